The van der Waals surface area contributed by atoms with Crippen molar-refractivity contribution in [1.82, 2.24) is 19.5 Å². The van der Waals surface area contributed by atoms with E-state index >= 15 is 0 Å². The number of carboxylic acids is 1. The zero-order valence-corrected chi connectivity index (χ0v) is 16.5. The summed E-state index contributed by atoms with van der Waals surface area (Å²) < 4.78 is 14.9. The van der Waals surface area contributed by atoms with Gasteiger partial charge in [0.15, 0.2) is 0 Å². The standard InChI is InChI=1S/C23H19FN4O3/c24-17-6-8-18(9-7-17)28-21(3-1-2-4-22(29)30)27-20-11-15(5-10-19(20)23(28)31)16-12-25-14-26-13-16/h5-14H,1-4H2,(H,29,30). The molecule has 7 nitrogen and oxygen atoms in total. The molecule has 4 rings (SSSR count). The van der Waals surface area contributed by atoms with Crippen molar-refractivity contribution in [3.63, 3.8) is 0 Å². The average Bonchev–Trinajstić information content (AvgIpc) is 2.78. The molecule has 8 heteroatoms. The van der Waals surface area contributed by atoms with Gasteiger partial charge in [0.2, 0.25) is 0 Å². The van der Waals surface area contributed by atoms with Crippen LogP contribution in [-0.2, 0) is 11.2 Å². The van der Waals surface area contributed by atoms with Crippen molar-refractivity contribution >= 4 is 16.9 Å². The summed E-state index contributed by atoms with van der Waals surface area (Å²) in [5, 5.41) is 9.31. The number of aryl methyl sites for hydroxylation is 1. The Morgan fingerprint density at radius 1 is 1.00 bits per heavy atom. The molecule has 4 aromatic rings. The Kier molecular flexibility index (Phi) is 5.79. The Morgan fingerprint density at radius 2 is 1.74 bits per heavy atom. The molecular formula is C23H19FN4O3. The second-order valence-corrected chi connectivity index (χ2v) is 7.10. The maximum Gasteiger partial charge on any atom is 0.303 e. The van der Waals surface area contributed by atoms with Crippen molar-refractivity contribution in [3.8, 4) is 16.8 Å². The van der Waals surface area contributed by atoms with E-state index in [9.17, 15) is 14.0 Å². The number of hydrogen-bond donors (Lipinski definition) is 1. The van der Waals surface area contributed by atoms with Gasteiger partial charge in [0.05, 0.1) is 16.6 Å². The van der Waals surface area contributed by atoms with E-state index in [1.165, 1.54) is 35.2 Å². The number of nitrogens with zero attached hydrogens (tertiary/aromatic N) is 4. The van der Waals surface area contributed by atoms with Gasteiger partial charge in [0, 0.05) is 30.8 Å². The molecule has 0 saturated heterocycles. The lowest BCUT2D eigenvalue weighted by Crippen LogP contribution is -2.24. The normalized spacial score (nSPS) is 11.0. The molecule has 0 saturated carbocycles. The summed E-state index contributed by atoms with van der Waals surface area (Å²) in [4.78, 5) is 36.9. The lowest BCUT2D eigenvalue weighted by atomic mass is 10.1. The maximum absolute atomic E-state index is 13.4. The highest BCUT2D eigenvalue weighted by atomic mass is 19.1. The summed E-state index contributed by atoms with van der Waals surface area (Å²) in [6.45, 7) is 0. The highest BCUT2D eigenvalue weighted by Gasteiger charge is 2.14. The number of hydrogen-bond acceptors (Lipinski definition) is 5. The third kappa shape index (κ3) is 4.48. The number of rotatable bonds is 7. The number of fused-ring (bicyclic) bond motifs is 1. The van der Waals surface area contributed by atoms with Gasteiger partial charge in [-0.05, 0) is 54.8 Å². The molecular weight excluding hydrogens is 399 g/mol. The molecule has 0 bridgehead atoms. The number of unbranched alkanes of at least 4 members (excludes halogenated alkanes) is 1. The van der Waals surface area contributed by atoms with Crippen LogP contribution >= 0.6 is 0 Å². The van der Waals surface area contributed by atoms with E-state index in [-0.39, 0.29) is 12.0 Å². The van der Waals surface area contributed by atoms with Gasteiger partial charge < -0.3 is 5.11 Å². The fourth-order valence-electron chi connectivity index (χ4n) is 3.44. The first kappa shape index (κ1) is 20.3. The molecule has 2 aromatic heterocycles. The molecule has 0 fully saturated rings. The first-order valence-corrected chi connectivity index (χ1v) is 9.82. The number of halogens is 1. The summed E-state index contributed by atoms with van der Waals surface area (Å²) >= 11 is 0. The van der Waals surface area contributed by atoms with Gasteiger partial charge in [-0.15, -0.1) is 0 Å². The SMILES string of the molecule is O=C(O)CCCCc1nc2cc(-c3cncnc3)ccc2c(=O)n1-c1ccc(F)cc1. The fourth-order valence-corrected chi connectivity index (χ4v) is 3.44. The molecule has 2 aromatic carbocycles. The van der Waals surface area contributed by atoms with Crippen LogP contribution in [0, 0.1) is 5.82 Å². The van der Waals surface area contributed by atoms with Gasteiger partial charge in [-0.2, -0.15) is 0 Å². The average molecular weight is 418 g/mol. The summed E-state index contributed by atoms with van der Waals surface area (Å²) in [5.74, 6) is -0.767. The maximum atomic E-state index is 13.4. The van der Waals surface area contributed by atoms with Crippen LogP contribution in [0.2, 0.25) is 0 Å². The number of aliphatic carboxylic acids is 1. The van der Waals surface area contributed by atoms with E-state index in [0.29, 0.717) is 41.7 Å². The monoisotopic (exact) mass is 418 g/mol. The van der Waals surface area contributed by atoms with Gasteiger partial charge in [0.1, 0.15) is 18.0 Å². The smallest absolute Gasteiger partial charge is 0.303 e. The van der Waals surface area contributed by atoms with Crippen molar-refractivity contribution in [2.24, 2.45) is 0 Å². The van der Waals surface area contributed by atoms with Crippen LogP contribution < -0.4 is 5.56 Å². The van der Waals surface area contributed by atoms with Gasteiger partial charge in [0.25, 0.3) is 5.56 Å². The molecule has 156 valence electrons. The summed E-state index contributed by atoms with van der Waals surface area (Å²) in [7, 11) is 0. The third-order valence-corrected chi connectivity index (χ3v) is 4.96. The summed E-state index contributed by atoms with van der Waals surface area (Å²) in [6.07, 6.45) is 6.29. The fraction of sp³-hybridized carbons (Fsp3) is 0.174. The van der Waals surface area contributed by atoms with Crippen molar-refractivity contribution in [2.45, 2.75) is 25.7 Å². The Balaban J connectivity index is 1.82. The molecule has 0 aliphatic carbocycles. The van der Waals surface area contributed by atoms with Crippen molar-refractivity contribution in [2.75, 3.05) is 0 Å². The first-order chi connectivity index (χ1) is 15.0. The Labute approximate surface area is 176 Å². The van der Waals surface area contributed by atoms with Crippen LogP contribution in [0.15, 0.2) is 66.0 Å². The minimum Gasteiger partial charge on any atom is -0.481 e. The Morgan fingerprint density at radius 3 is 2.45 bits per heavy atom. The lowest BCUT2D eigenvalue weighted by Gasteiger charge is -2.14. The van der Waals surface area contributed by atoms with Crippen LogP contribution in [0.25, 0.3) is 27.7 Å². The van der Waals surface area contributed by atoms with Crippen molar-refractivity contribution < 1.29 is 14.3 Å². The first-order valence-electron chi connectivity index (χ1n) is 9.82. The largest absolute Gasteiger partial charge is 0.481 e. The highest BCUT2D eigenvalue weighted by Crippen LogP contribution is 2.22. The van der Waals surface area contributed by atoms with Gasteiger partial charge in [-0.3, -0.25) is 14.2 Å². The van der Waals surface area contributed by atoms with Gasteiger partial charge in [-0.1, -0.05) is 6.07 Å². The molecule has 0 aliphatic rings. The zero-order valence-electron chi connectivity index (χ0n) is 16.5. The van der Waals surface area contributed by atoms with E-state index in [1.54, 1.807) is 18.5 Å². The third-order valence-electron chi connectivity index (χ3n) is 4.96. The molecule has 0 amide bonds. The quantitative estimate of drug-likeness (QED) is 0.459. The minimum atomic E-state index is -0.864. The van der Waals surface area contributed by atoms with Gasteiger partial charge in [-0.25, -0.2) is 19.3 Å². The number of carbonyl (C=O) groups is 1. The predicted octanol–water partition coefficient (Wildman–Crippen LogP) is 3.78. The molecule has 0 unspecified atom stereocenters. The molecule has 1 N–H and O–H groups in total. The summed E-state index contributed by atoms with van der Waals surface area (Å²) in [6, 6.07) is 11.0. The van der Waals surface area contributed by atoms with E-state index in [1.807, 2.05) is 12.1 Å². The van der Waals surface area contributed by atoms with E-state index in [0.717, 1.165) is 11.1 Å². The highest BCUT2D eigenvalue weighted by molar-refractivity contribution is 5.83. The van der Waals surface area contributed by atoms with Crippen LogP contribution in [0.5, 0.6) is 0 Å². The van der Waals surface area contributed by atoms with Crippen LogP contribution in [0.1, 0.15) is 25.1 Å². The summed E-state index contributed by atoms with van der Waals surface area (Å²) in [5.41, 5.74) is 2.40. The van der Waals surface area contributed by atoms with Gasteiger partial charge >= 0.3 is 5.97 Å². The molecule has 31 heavy (non-hydrogen) atoms. The van der Waals surface area contributed by atoms with E-state index in [4.69, 9.17) is 10.1 Å². The zero-order chi connectivity index (χ0) is 21.8. The van der Waals surface area contributed by atoms with Crippen LogP contribution in [0.4, 0.5) is 4.39 Å². The second-order valence-electron chi connectivity index (χ2n) is 7.10. The second kappa shape index (κ2) is 8.83. The number of carboxylic acid groups (broad SMARTS) is 1. The Hall–Kier alpha value is -3.94. The van der Waals surface area contributed by atoms with Crippen LogP contribution in [-0.4, -0.2) is 30.6 Å². The van der Waals surface area contributed by atoms with E-state index in [2.05, 4.69) is 9.97 Å². The molecule has 0 atom stereocenters. The predicted molar refractivity (Wildman–Crippen MR) is 114 cm³/mol. The Bertz CT molecular complexity index is 1290. The van der Waals surface area contributed by atoms with E-state index < -0.39 is 11.8 Å². The number of benzene rings is 2. The van der Waals surface area contributed by atoms with Crippen molar-refractivity contribution in [1.29, 1.82) is 0 Å². The molecule has 2 heterocycles. The van der Waals surface area contributed by atoms with Crippen molar-refractivity contribution in [3.05, 3.63) is 83.2 Å². The molecule has 0 radical (unpaired) electrons. The number of aromatic nitrogens is 4. The van der Waals surface area contributed by atoms with Crippen LogP contribution in [0.3, 0.4) is 0 Å². The minimum absolute atomic E-state index is 0.0481. The molecule has 0 aliphatic heterocycles. The lowest BCUT2D eigenvalue weighted by molar-refractivity contribution is -0.137. The topological polar surface area (TPSA) is 98.0 Å². The molecule has 0 spiro atoms.